The predicted octanol–water partition coefficient (Wildman–Crippen LogP) is 1.47. The first-order valence-electron chi connectivity index (χ1n) is 5.59. The van der Waals surface area contributed by atoms with E-state index in [-0.39, 0.29) is 12.0 Å². The number of carbonyl (C=O) groups excluding carboxylic acids is 2. The molecule has 1 amide bonds. The molecule has 0 radical (unpaired) electrons. The highest BCUT2D eigenvalue weighted by molar-refractivity contribution is 9.10. The summed E-state index contributed by atoms with van der Waals surface area (Å²) in [5.74, 6) is -0.466. The lowest BCUT2D eigenvalue weighted by atomic mass is 10.1. The molecule has 0 saturated carbocycles. The van der Waals surface area contributed by atoms with Crippen LogP contribution in [0.25, 0.3) is 0 Å². The topological polar surface area (TPSA) is 81.4 Å². The minimum atomic E-state index is -0.457. The monoisotopic (exact) mass is 312 g/mol. The molecule has 0 bridgehead atoms. The van der Waals surface area contributed by atoms with Gasteiger partial charge in [0.1, 0.15) is 6.10 Å². The molecule has 0 aromatic heterocycles. The number of piperidine rings is 1. The van der Waals surface area contributed by atoms with Crippen LogP contribution in [0.1, 0.15) is 23.2 Å². The highest BCUT2D eigenvalue weighted by atomic mass is 79.9. The fourth-order valence-corrected chi connectivity index (χ4v) is 2.12. The second-order valence-corrected chi connectivity index (χ2v) is 5.02. The Morgan fingerprint density at radius 2 is 2.28 bits per heavy atom. The van der Waals surface area contributed by atoms with Crippen molar-refractivity contribution in [2.45, 2.75) is 18.9 Å². The second-order valence-electron chi connectivity index (χ2n) is 4.10. The normalized spacial score (nSPS) is 19.2. The van der Waals surface area contributed by atoms with Crippen LogP contribution in [0.3, 0.4) is 0 Å². The highest BCUT2D eigenvalue weighted by Gasteiger charge is 2.22. The van der Waals surface area contributed by atoms with Crippen LogP contribution in [0.15, 0.2) is 22.7 Å². The number of benzene rings is 1. The molecule has 1 aromatic carbocycles. The molecule has 1 fully saturated rings. The molecule has 1 aromatic rings. The van der Waals surface area contributed by atoms with Crippen molar-refractivity contribution >= 4 is 33.5 Å². The van der Waals surface area contributed by atoms with Crippen LogP contribution in [-0.4, -0.2) is 24.5 Å². The molecule has 6 heteroatoms. The van der Waals surface area contributed by atoms with Crippen molar-refractivity contribution in [1.29, 1.82) is 0 Å². The number of hydrogen-bond donors (Lipinski definition) is 2. The number of nitrogen functional groups attached to an aromatic ring is 1. The first-order valence-corrected chi connectivity index (χ1v) is 6.38. The third kappa shape index (κ3) is 3.01. The Morgan fingerprint density at radius 1 is 1.50 bits per heavy atom. The molecule has 0 spiro atoms. The SMILES string of the molecule is Nc1cc(Br)ccc1C(=O)OC1CCC(=O)NC1. The van der Waals surface area contributed by atoms with E-state index in [2.05, 4.69) is 21.2 Å². The van der Waals surface area contributed by atoms with Gasteiger partial charge in [0, 0.05) is 16.6 Å². The number of hydrogen-bond acceptors (Lipinski definition) is 4. The Morgan fingerprint density at radius 3 is 2.89 bits per heavy atom. The second kappa shape index (κ2) is 5.39. The molecule has 1 saturated heterocycles. The van der Waals surface area contributed by atoms with Crippen LogP contribution in [0.2, 0.25) is 0 Å². The zero-order valence-electron chi connectivity index (χ0n) is 9.61. The van der Waals surface area contributed by atoms with Crippen LogP contribution in [-0.2, 0) is 9.53 Å². The molecule has 1 heterocycles. The van der Waals surface area contributed by atoms with E-state index >= 15 is 0 Å². The Labute approximate surface area is 113 Å². The van der Waals surface area contributed by atoms with Crippen LogP contribution in [0.4, 0.5) is 5.69 Å². The summed E-state index contributed by atoms with van der Waals surface area (Å²) in [4.78, 5) is 22.9. The maximum absolute atomic E-state index is 11.9. The van der Waals surface area contributed by atoms with Gasteiger partial charge in [-0.2, -0.15) is 0 Å². The predicted molar refractivity (Wildman–Crippen MR) is 70.0 cm³/mol. The summed E-state index contributed by atoms with van der Waals surface area (Å²) in [6.45, 7) is 0.362. The van der Waals surface area contributed by atoms with Crippen molar-refractivity contribution in [3.05, 3.63) is 28.2 Å². The molecular formula is C12H13BrN2O3. The zero-order chi connectivity index (χ0) is 13.1. The fraction of sp³-hybridized carbons (Fsp3) is 0.333. The van der Waals surface area contributed by atoms with E-state index in [0.29, 0.717) is 30.6 Å². The van der Waals surface area contributed by atoms with Gasteiger partial charge in [-0.25, -0.2) is 4.79 Å². The van der Waals surface area contributed by atoms with Crippen molar-refractivity contribution in [3.63, 3.8) is 0 Å². The molecule has 0 aliphatic carbocycles. The van der Waals surface area contributed by atoms with E-state index in [1.807, 2.05) is 0 Å². The van der Waals surface area contributed by atoms with Gasteiger partial charge in [-0.15, -0.1) is 0 Å². The number of halogens is 1. The van der Waals surface area contributed by atoms with Crippen molar-refractivity contribution in [1.82, 2.24) is 5.32 Å². The lowest BCUT2D eigenvalue weighted by molar-refractivity contribution is -0.124. The number of nitrogens with two attached hydrogens (primary N) is 1. The average Bonchev–Trinajstić information content (AvgIpc) is 2.32. The summed E-state index contributed by atoms with van der Waals surface area (Å²) in [7, 11) is 0. The van der Waals surface area contributed by atoms with Crippen LogP contribution in [0.5, 0.6) is 0 Å². The van der Waals surface area contributed by atoms with E-state index in [4.69, 9.17) is 10.5 Å². The van der Waals surface area contributed by atoms with Crippen LogP contribution in [0, 0.1) is 0 Å². The van der Waals surface area contributed by atoms with Gasteiger partial charge in [-0.3, -0.25) is 4.79 Å². The number of anilines is 1. The zero-order valence-corrected chi connectivity index (χ0v) is 11.2. The van der Waals surface area contributed by atoms with Gasteiger partial charge in [0.05, 0.1) is 12.1 Å². The van der Waals surface area contributed by atoms with Crippen LogP contribution < -0.4 is 11.1 Å². The van der Waals surface area contributed by atoms with Gasteiger partial charge in [-0.1, -0.05) is 15.9 Å². The van der Waals surface area contributed by atoms with Crippen LogP contribution >= 0.6 is 15.9 Å². The summed E-state index contributed by atoms with van der Waals surface area (Å²) in [6, 6.07) is 5.00. The van der Waals surface area contributed by atoms with Gasteiger partial charge in [0.2, 0.25) is 5.91 Å². The average molecular weight is 313 g/mol. The molecule has 1 aliphatic heterocycles. The van der Waals surface area contributed by atoms with Crippen molar-refractivity contribution in [2.75, 3.05) is 12.3 Å². The van der Waals surface area contributed by atoms with Gasteiger partial charge in [0.15, 0.2) is 0 Å². The standard InChI is InChI=1S/C12H13BrN2O3/c13-7-1-3-9(10(14)5-7)12(17)18-8-2-4-11(16)15-6-8/h1,3,5,8H,2,4,6,14H2,(H,15,16). The molecule has 5 nitrogen and oxygen atoms in total. The van der Waals surface area contributed by atoms with Crippen molar-refractivity contribution in [3.8, 4) is 0 Å². The number of rotatable bonds is 2. The summed E-state index contributed by atoms with van der Waals surface area (Å²) in [5, 5.41) is 2.66. The van der Waals surface area contributed by atoms with E-state index in [0.717, 1.165) is 4.47 Å². The maximum Gasteiger partial charge on any atom is 0.340 e. The Hall–Kier alpha value is -1.56. The molecular weight excluding hydrogens is 300 g/mol. The minimum Gasteiger partial charge on any atom is -0.457 e. The smallest absolute Gasteiger partial charge is 0.340 e. The number of carbonyl (C=O) groups is 2. The van der Waals surface area contributed by atoms with Gasteiger partial charge < -0.3 is 15.8 Å². The number of nitrogens with one attached hydrogen (secondary N) is 1. The summed E-state index contributed by atoms with van der Waals surface area (Å²) < 4.78 is 6.10. The third-order valence-corrected chi connectivity index (χ3v) is 3.22. The molecule has 18 heavy (non-hydrogen) atoms. The summed E-state index contributed by atoms with van der Waals surface area (Å²) in [6.07, 6.45) is 0.653. The molecule has 1 atom stereocenters. The first kappa shape index (κ1) is 12.9. The van der Waals surface area contributed by atoms with E-state index in [1.54, 1.807) is 18.2 Å². The first-order chi connectivity index (χ1) is 8.56. The molecule has 2 rings (SSSR count). The number of esters is 1. The largest absolute Gasteiger partial charge is 0.457 e. The van der Waals surface area contributed by atoms with Gasteiger partial charge in [0.25, 0.3) is 0 Å². The number of amides is 1. The Balaban J connectivity index is 2.01. The Kier molecular flexibility index (Phi) is 3.86. The summed E-state index contributed by atoms with van der Waals surface area (Å²) >= 11 is 3.27. The van der Waals surface area contributed by atoms with Gasteiger partial charge in [-0.05, 0) is 24.6 Å². The molecule has 1 aliphatic rings. The van der Waals surface area contributed by atoms with Crippen molar-refractivity contribution in [2.24, 2.45) is 0 Å². The lowest BCUT2D eigenvalue weighted by Gasteiger charge is -2.22. The lowest BCUT2D eigenvalue weighted by Crippen LogP contribution is -2.40. The van der Waals surface area contributed by atoms with E-state index < -0.39 is 5.97 Å². The number of ether oxygens (including phenoxy) is 1. The summed E-state index contributed by atoms with van der Waals surface area (Å²) in [5.41, 5.74) is 6.46. The molecule has 1 unspecified atom stereocenters. The molecule has 3 N–H and O–H groups in total. The highest BCUT2D eigenvalue weighted by Crippen LogP contribution is 2.20. The van der Waals surface area contributed by atoms with Gasteiger partial charge >= 0.3 is 5.97 Å². The molecule has 96 valence electrons. The fourth-order valence-electron chi connectivity index (χ4n) is 1.75. The van der Waals surface area contributed by atoms with E-state index in [9.17, 15) is 9.59 Å². The Bertz CT molecular complexity index is 480. The van der Waals surface area contributed by atoms with E-state index in [1.165, 1.54) is 0 Å². The minimum absolute atomic E-state index is 0.00884. The maximum atomic E-state index is 11.9. The third-order valence-electron chi connectivity index (χ3n) is 2.73. The van der Waals surface area contributed by atoms with Crippen molar-refractivity contribution < 1.29 is 14.3 Å². The quantitative estimate of drug-likeness (QED) is 0.640.